The number of nitrogens with zero attached hydrogens (tertiary/aromatic N) is 6. The molecule has 12 heterocycles. The number of hydrogen-bond donors (Lipinski definition) is 12. The summed E-state index contributed by atoms with van der Waals surface area (Å²) in [4.78, 5) is 12.6. The summed E-state index contributed by atoms with van der Waals surface area (Å²) in [6.07, 6.45) is 28.0. The number of phenolic OH excluding ortho intramolecular Hbond substituents is 6. The minimum Gasteiger partial charge on any atom is -0.508 e. The topological polar surface area (TPSA) is 315 Å². The molecule has 12 bridgehead atoms. The van der Waals surface area contributed by atoms with Crippen LogP contribution in [0.5, 0.6) is 69.0 Å². The van der Waals surface area contributed by atoms with Crippen molar-refractivity contribution < 1.29 is 121 Å². The van der Waals surface area contributed by atoms with E-state index in [1.807, 2.05) is 24.3 Å². The fourth-order valence-electron chi connectivity index (χ4n) is 40.3. The number of phenols is 6. The Hall–Kier alpha value is -9.19. The van der Waals surface area contributed by atoms with Gasteiger partial charge in [-0.3, -0.25) is 4.79 Å². The summed E-state index contributed by atoms with van der Waals surface area (Å²) in [5, 5.41) is 136. The van der Waals surface area contributed by atoms with Gasteiger partial charge in [0.2, 0.25) is 0 Å². The highest BCUT2D eigenvalue weighted by molar-refractivity contribution is 5.90. The van der Waals surface area contributed by atoms with E-state index < -0.39 is 72.2 Å². The zero-order chi connectivity index (χ0) is 104. The number of likely N-dealkylation sites (tertiary alicyclic amines) is 6. The van der Waals surface area contributed by atoms with E-state index in [1.54, 1.807) is 36.4 Å². The van der Waals surface area contributed by atoms with Crippen LogP contribution < -0.4 is 28.4 Å². The molecule has 12 aliphatic heterocycles. The first-order valence-corrected chi connectivity index (χ1v) is 57.6. The summed E-state index contributed by atoms with van der Waals surface area (Å²) in [5.41, 5.74) is 10.9. The lowest BCUT2D eigenvalue weighted by Crippen LogP contribution is -2.80. The van der Waals surface area contributed by atoms with Crippen LogP contribution in [-0.2, 0) is 75.8 Å². The highest BCUT2D eigenvalue weighted by atomic mass is 16.5. The molecule has 16 aliphatic carbocycles. The Morgan fingerprint density at radius 1 is 0.267 bits per heavy atom. The van der Waals surface area contributed by atoms with E-state index in [2.05, 4.69) is 101 Å². The second kappa shape index (κ2) is 30.6. The van der Waals surface area contributed by atoms with E-state index in [-0.39, 0.29) is 89.8 Å². The standard InChI is InChI=1S/4C22H27NO3.C19H23NO3.C18H21NO4/c2*1-13-7-8-22(25)18-11-15-16(24)5-6-17-19(15)21(22,20(13)26-17)9-10-23(18,2)12-14-3-4-14;2*1-13-7-8-22(25)17-11-15-5-6-16(24)19-18(15)21(22,20(13)26-19)9-10-23(17,2)12-14-3-4-14;1-11-6-7-19(22)15-10-12-13(21)4-5-14-16(12)18(19,17(11)23-14)8-9-20(15,2)3;1-19(2)8-7-17-14-10-3-4-11(20)15(14)23-16(17)12(21)5-6-18(17,22)13(19)9-10/h2*5-6,14,18,20,25H,1,3-4,7-12H2,2H3;2*5-6,14,17,20,25H,1,3-4,7-12H2,2H3;4-5,15,17,22H,1,6-10H2,2-3H3;3-4,13,16,22H,5-9H2,1-2H3/p+6/t18?,20?,21-,22?,23+;18?,20?,21-,22?,23-;17?,20?,21-,22?,23+;17?,20?,21-,22?,23-;15?,17?,18-,19?;13?,16?,17-,18?/m001101/s1. The zero-order valence-electron chi connectivity index (χ0n) is 89.3. The number of quaternary nitrogens is 6. The SMILES string of the molecule is C=C1CCC2(O)C3Cc4c(O)ccc5c4[C@@]2(CC[N+]3(C)C)C1O5.C=C1CCC2(O)C3Cc4c(O)ccc5c4[C@@]2(CC[N@+]3(C)CC2CC2)C1O5.C=C1CCC2(O)C3Cc4c(O)ccc5c4[C@@]2(CC[N@@+]3(C)CC2CC2)C1O5.C=C1CCC2(O)C3Cc4ccc(O)c5c4[C@]2(CC[N@+]3(C)CC2CC2)C1O5.C=C1CCC2(O)C3Cc4ccc(O)c5c4[C@]2(CC[N@@+]3(C)CC2CC2)C1O5.C[N+]1(C)CC[C@@]23c4c5ccc(O)c4OC2C(=O)CCC3(O)C1C5. The number of benzene rings is 6. The lowest BCUT2D eigenvalue weighted by atomic mass is 9.48. The highest BCUT2D eigenvalue weighted by Crippen LogP contribution is 2.76. The van der Waals surface area contributed by atoms with Crippen LogP contribution in [0.2, 0.25) is 0 Å². The van der Waals surface area contributed by atoms with Gasteiger partial charge in [-0.05, 0) is 221 Å². The van der Waals surface area contributed by atoms with Gasteiger partial charge in [0.1, 0.15) is 135 Å². The van der Waals surface area contributed by atoms with E-state index in [9.17, 15) is 66.1 Å². The quantitative estimate of drug-likeness (QED) is 0.0498. The average molecular weight is 2050 g/mol. The molecule has 6 saturated heterocycles. The number of Topliss-reactive ketones (excluding diaryl/α,β-unsaturated/α-hetero) is 1. The van der Waals surface area contributed by atoms with Crippen LogP contribution >= 0.6 is 0 Å². The Balaban J connectivity index is 0.0000000846. The Morgan fingerprint density at radius 3 is 0.793 bits per heavy atom. The lowest BCUT2D eigenvalue weighted by Gasteiger charge is -2.65. The predicted molar refractivity (Wildman–Crippen MR) is 562 cm³/mol. The third kappa shape index (κ3) is 11.8. The van der Waals surface area contributed by atoms with Crippen molar-refractivity contribution in [3.8, 4) is 69.0 Å². The summed E-state index contributed by atoms with van der Waals surface area (Å²) in [6.45, 7) is 32.4. The van der Waals surface area contributed by atoms with Crippen LogP contribution in [0.3, 0.4) is 0 Å². The maximum atomic E-state index is 12.6. The molecule has 28 atom stereocenters. The molecule has 16 fully saturated rings. The van der Waals surface area contributed by atoms with E-state index in [4.69, 9.17) is 28.4 Å². The summed E-state index contributed by atoms with van der Waals surface area (Å²) in [6, 6.07) is 23.0. The third-order valence-corrected chi connectivity index (χ3v) is 48.1. The van der Waals surface area contributed by atoms with Gasteiger partial charge in [0.25, 0.3) is 0 Å². The monoisotopic (exact) mass is 2050 g/mol. The Morgan fingerprint density at radius 2 is 0.493 bits per heavy atom. The number of carbonyl (C=O) groups is 1. The molecule has 0 amide bonds. The summed E-state index contributed by atoms with van der Waals surface area (Å²) in [7, 11) is 18.2. The molecule has 25 nitrogen and oxygen atoms in total. The summed E-state index contributed by atoms with van der Waals surface area (Å²) in [5.74, 6) is 9.19. The molecular formula is C125H158N6O19+6. The van der Waals surface area contributed by atoms with Gasteiger partial charge in [-0.15, -0.1) is 0 Å². The lowest BCUT2D eigenvalue weighted by molar-refractivity contribution is -0.950. The first kappa shape index (κ1) is 96.6. The van der Waals surface area contributed by atoms with Crippen molar-refractivity contribution in [2.45, 2.75) is 344 Å². The average Bonchev–Trinajstić information content (AvgIpc) is 1.40. The number of aromatic hydroxyl groups is 6. The van der Waals surface area contributed by atoms with E-state index in [1.165, 1.54) is 75.6 Å². The Labute approximate surface area is 881 Å². The number of piperidine rings is 6. The van der Waals surface area contributed by atoms with Crippen molar-refractivity contribution in [1.82, 2.24) is 0 Å². The highest BCUT2D eigenvalue weighted by Gasteiger charge is 2.84. The van der Waals surface area contributed by atoms with Gasteiger partial charge in [0, 0.05) is 157 Å². The van der Waals surface area contributed by atoms with Crippen molar-refractivity contribution in [3.63, 3.8) is 0 Å². The molecular weight excluding hydrogens is 1890 g/mol. The van der Waals surface area contributed by atoms with Crippen LogP contribution in [-0.4, -0.2) is 322 Å². The molecule has 18 unspecified atom stereocenters. The minimum absolute atomic E-state index is 0.0541. The molecule has 150 heavy (non-hydrogen) atoms. The van der Waals surface area contributed by atoms with Crippen LogP contribution in [0.25, 0.3) is 0 Å². The molecule has 10 saturated carbocycles. The largest absolute Gasteiger partial charge is 0.508 e. The van der Waals surface area contributed by atoms with Crippen LogP contribution in [0.4, 0.5) is 0 Å². The second-order valence-corrected chi connectivity index (χ2v) is 55.9. The fourth-order valence-corrected chi connectivity index (χ4v) is 40.3. The third-order valence-electron chi connectivity index (χ3n) is 48.1. The van der Waals surface area contributed by atoms with E-state index >= 15 is 0 Å². The number of ketones is 1. The minimum atomic E-state index is -0.945. The van der Waals surface area contributed by atoms with Crippen molar-refractivity contribution >= 4 is 5.78 Å². The Bertz CT molecular complexity index is 6680. The second-order valence-electron chi connectivity index (χ2n) is 55.9. The Kier molecular flexibility index (Phi) is 19.7. The smallest absolute Gasteiger partial charge is 0.174 e. The van der Waals surface area contributed by atoms with Gasteiger partial charge >= 0.3 is 0 Å². The van der Waals surface area contributed by atoms with Gasteiger partial charge in [-0.1, -0.05) is 51.1 Å². The summed E-state index contributed by atoms with van der Waals surface area (Å²) >= 11 is 0. The number of ether oxygens (including phenoxy) is 6. The van der Waals surface area contributed by atoms with Gasteiger partial charge < -0.3 is 117 Å². The van der Waals surface area contributed by atoms with Gasteiger partial charge in [-0.25, -0.2) is 0 Å². The van der Waals surface area contributed by atoms with Crippen LogP contribution in [0.15, 0.2) is 134 Å². The molecule has 0 aromatic heterocycles. The number of likely N-dealkylation sites (N-methyl/N-ethyl adjacent to an activating group) is 6. The van der Waals surface area contributed by atoms with Crippen molar-refractivity contribution in [3.05, 3.63) is 200 Å². The molecule has 34 rings (SSSR count). The molecule has 25 heteroatoms. The van der Waals surface area contributed by atoms with Crippen molar-refractivity contribution in [1.29, 1.82) is 0 Å². The predicted octanol–water partition coefficient (Wildman–Crippen LogP) is 13.4. The molecule has 796 valence electrons. The van der Waals surface area contributed by atoms with E-state index in [0.29, 0.717) is 60.2 Å². The maximum absolute atomic E-state index is 12.6. The van der Waals surface area contributed by atoms with Gasteiger partial charge in [0.15, 0.2) is 46.4 Å². The number of rotatable bonds is 8. The van der Waals surface area contributed by atoms with Crippen LogP contribution in [0.1, 0.15) is 234 Å². The van der Waals surface area contributed by atoms with Crippen LogP contribution in [0, 0.1) is 23.7 Å². The molecule has 12 N–H and O–H groups in total. The molecule has 6 aromatic rings. The fraction of sp³-hybridized carbons (Fsp3) is 0.624. The first-order valence-electron chi connectivity index (χ1n) is 57.6. The molecule has 0 radical (unpaired) electrons. The number of hydrogen-bond acceptors (Lipinski definition) is 19. The zero-order valence-corrected chi connectivity index (χ0v) is 89.3. The summed E-state index contributed by atoms with van der Waals surface area (Å²) < 4.78 is 43.1. The normalized spacial score (nSPS) is 44.3. The molecule has 6 spiro atoms. The molecule has 6 aromatic carbocycles. The number of aliphatic hydroxyl groups is 6. The van der Waals surface area contributed by atoms with Crippen molar-refractivity contribution in [2.24, 2.45) is 23.7 Å². The van der Waals surface area contributed by atoms with Gasteiger partial charge in [-0.2, -0.15) is 0 Å². The van der Waals surface area contributed by atoms with E-state index in [0.717, 1.165) is 332 Å². The van der Waals surface area contributed by atoms with Gasteiger partial charge in [0.05, 0.1) is 154 Å². The first-order chi connectivity index (χ1) is 71.2. The number of carbonyl (C=O) groups excluding carboxylic acids is 1. The van der Waals surface area contributed by atoms with Crippen molar-refractivity contribution in [2.75, 3.05) is 122 Å². The molecule has 28 aliphatic rings. The maximum Gasteiger partial charge on any atom is 0.174 e.